The molecule has 18 heavy (non-hydrogen) atoms. The van der Waals surface area contributed by atoms with E-state index >= 15 is 0 Å². The Bertz CT molecular complexity index is 348. The fourth-order valence-electron chi connectivity index (χ4n) is 2.37. The predicted octanol–water partition coefficient (Wildman–Crippen LogP) is 2.40. The van der Waals surface area contributed by atoms with E-state index in [-0.39, 0.29) is 0 Å². The monoisotopic (exact) mass is 269 g/mol. The van der Waals surface area contributed by atoms with Crippen LogP contribution in [0.15, 0.2) is 5.16 Å². The summed E-state index contributed by atoms with van der Waals surface area (Å²) in [4.78, 5) is 0. The molecule has 2 rings (SSSR count). The second-order valence-corrected chi connectivity index (χ2v) is 6.07. The van der Waals surface area contributed by atoms with Crippen LogP contribution in [-0.4, -0.2) is 32.0 Å². The Morgan fingerprint density at radius 2 is 2.22 bits per heavy atom. The Morgan fingerprint density at radius 1 is 1.44 bits per heavy atom. The standard InChI is InChI=1S/C12H23N5S/c1-2-10(13)6-5-9-18-12-14-15-16-17(12)11-7-3-4-8-11/h10-11H,2-9,13H2,1H3. The molecular weight excluding hydrogens is 246 g/mol. The molecule has 102 valence electrons. The van der Waals surface area contributed by atoms with Crippen molar-refractivity contribution >= 4 is 11.8 Å². The highest BCUT2D eigenvalue weighted by Crippen LogP contribution is 2.31. The Morgan fingerprint density at radius 3 is 2.94 bits per heavy atom. The van der Waals surface area contributed by atoms with Gasteiger partial charge in [-0.2, -0.15) is 0 Å². The van der Waals surface area contributed by atoms with Crippen LogP contribution >= 0.6 is 11.8 Å². The van der Waals surface area contributed by atoms with E-state index in [9.17, 15) is 0 Å². The molecule has 1 aromatic heterocycles. The molecule has 1 saturated carbocycles. The average molecular weight is 269 g/mol. The van der Waals surface area contributed by atoms with E-state index < -0.39 is 0 Å². The molecule has 0 spiro atoms. The molecule has 1 aromatic rings. The van der Waals surface area contributed by atoms with Crippen LogP contribution in [-0.2, 0) is 0 Å². The maximum Gasteiger partial charge on any atom is 0.209 e. The summed E-state index contributed by atoms with van der Waals surface area (Å²) in [6.07, 6.45) is 8.34. The van der Waals surface area contributed by atoms with E-state index in [0.717, 1.165) is 30.2 Å². The van der Waals surface area contributed by atoms with Crippen LogP contribution in [0.3, 0.4) is 0 Å². The second kappa shape index (κ2) is 7.09. The quantitative estimate of drug-likeness (QED) is 0.608. The molecule has 0 amide bonds. The maximum atomic E-state index is 5.91. The van der Waals surface area contributed by atoms with Crippen molar-refractivity contribution in [2.45, 2.75) is 69.1 Å². The molecule has 0 aliphatic heterocycles. The van der Waals surface area contributed by atoms with Crippen LogP contribution in [0.5, 0.6) is 0 Å². The van der Waals surface area contributed by atoms with Gasteiger partial charge in [0.1, 0.15) is 0 Å². The van der Waals surface area contributed by atoms with Crippen molar-refractivity contribution < 1.29 is 0 Å². The third-order valence-electron chi connectivity index (χ3n) is 3.61. The van der Waals surface area contributed by atoms with E-state index in [1.54, 1.807) is 11.8 Å². The van der Waals surface area contributed by atoms with E-state index in [2.05, 4.69) is 22.4 Å². The number of hydrogen-bond donors (Lipinski definition) is 1. The van der Waals surface area contributed by atoms with Gasteiger partial charge in [-0.15, -0.1) is 5.10 Å². The Labute approximate surface area is 113 Å². The van der Waals surface area contributed by atoms with E-state index in [0.29, 0.717) is 12.1 Å². The van der Waals surface area contributed by atoms with Gasteiger partial charge in [-0.3, -0.25) is 0 Å². The summed E-state index contributed by atoms with van der Waals surface area (Å²) in [7, 11) is 0. The van der Waals surface area contributed by atoms with Crippen LogP contribution in [0.1, 0.15) is 57.9 Å². The summed E-state index contributed by atoms with van der Waals surface area (Å²) in [6.45, 7) is 2.14. The molecule has 2 N–H and O–H groups in total. The lowest BCUT2D eigenvalue weighted by atomic mass is 10.1. The molecule has 0 radical (unpaired) electrons. The zero-order chi connectivity index (χ0) is 12.8. The van der Waals surface area contributed by atoms with Crippen LogP contribution < -0.4 is 5.73 Å². The lowest BCUT2D eigenvalue weighted by Gasteiger charge is -2.11. The fourth-order valence-corrected chi connectivity index (χ4v) is 3.28. The largest absolute Gasteiger partial charge is 0.328 e. The number of tetrazole rings is 1. The van der Waals surface area contributed by atoms with E-state index in [1.807, 2.05) is 4.68 Å². The molecule has 1 unspecified atom stereocenters. The summed E-state index contributed by atoms with van der Waals surface area (Å²) in [5.74, 6) is 1.06. The summed E-state index contributed by atoms with van der Waals surface area (Å²) in [5.41, 5.74) is 5.91. The van der Waals surface area contributed by atoms with Crippen molar-refractivity contribution in [3.8, 4) is 0 Å². The zero-order valence-electron chi connectivity index (χ0n) is 11.1. The molecule has 6 heteroatoms. The van der Waals surface area contributed by atoms with Gasteiger partial charge >= 0.3 is 0 Å². The topological polar surface area (TPSA) is 69.6 Å². The zero-order valence-corrected chi connectivity index (χ0v) is 11.9. The SMILES string of the molecule is CCC(N)CCCSc1nnnn1C1CCCC1. The van der Waals surface area contributed by atoms with Crippen molar-refractivity contribution in [3.05, 3.63) is 0 Å². The first-order valence-corrected chi connectivity index (χ1v) is 7.96. The first kappa shape index (κ1) is 13.8. The molecule has 1 fully saturated rings. The minimum absolute atomic E-state index is 0.344. The minimum Gasteiger partial charge on any atom is -0.328 e. The molecular formula is C12H23N5S. The van der Waals surface area contributed by atoms with Crippen molar-refractivity contribution in [3.63, 3.8) is 0 Å². The van der Waals surface area contributed by atoms with Gasteiger partial charge in [-0.1, -0.05) is 31.5 Å². The van der Waals surface area contributed by atoms with E-state index in [1.165, 1.54) is 25.7 Å². The predicted molar refractivity (Wildman–Crippen MR) is 73.5 cm³/mol. The normalized spacial score (nSPS) is 18.3. The Hall–Kier alpha value is -0.620. The van der Waals surface area contributed by atoms with Crippen molar-refractivity contribution in [1.82, 2.24) is 20.2 Å². The fraction of sp³-hybridized carbons (Fsp3) is 0.917. The van der Waals surface area contributed by atoms with Gasteiger partial charge in [-0.25, -0.2) is 4.68 Å². The molecule has 1 atom stereocenters. The van der Waals surface area contributed by atoms with Crippen LogP contribution in [0, 0.1) is 0 Å². The second-order valence-electron chi connectivity index (χ2n) is 5.00. The summed E-state index contributed by atoms with van der Waals surface area (Å²) < 4.78 is 2.03. The van der Waals surface area contributed by atoms with Crippen LogP contribution in [0.2, 0.25) is 0 Å². The van der Waals surface area contributed by atoms with Crippen LogP contribution in [0.4, 0.5) is 0 Å². The van der Waals surface area contributed by atoms with Crippen LogP contribution in [0.25, 0.3) is 0 Å². The Kier molecular flexibility index (Phi) is 5.44. The smallest absolute Gasteiger partial charge is 0.209 e. The number of nitrogens with two attached hydrogens (primary N) is 1. The Balaban J connectivity index is 1.77. The lowest BCUT2D eigenvalue weighted by Crippen LogP contribution is -2.18. The number of hydrogen-bond acceptors (Lipinski definition) is 5. The lowest BCUT2D eigenvalue weighted by molar-refractivity contribution is 0.423. The van der Waals surface area contributed by atoms with Gasteiger partial charge in [0.2, 0.25) is 5.16 Å². The van der Waals surface area contributed by atoms with Gasteiger partial charge in [-0.05, 0) is 42.5 Å². The molecule has 0 saturated heterocycles. The average Bonchev–Trinajstić information content (AvgIpc) is 3.04. The van der Waals surface area contributed by atoms with Crippen molar-refractivity contribution in [2.75, 3.05) is 5.75 Å². The highest BCUT2D eigenvalue weighted by Gasteiger charge is 2.21. The molecule has 1 aliphatic carbocycles. The molecule has 0 aromatic carbocycles. The molecule has 1 heterocycles. The number of aromatic nitrogens is 4. The summed E-state index contributed by atoms with van der Waals surface area (Å²) in [6, 6.07) is 0.872. The minimum atomic E-state index is 0.344. The number of rotatable bonds is 7. The van der Waals surface area contributed by atoms with Gasteiger partial charge < -0.3 is 5.73 Å². The number of nitrogens with zero attached hydrogens (tertiary/aromatic N) is 4. The summed E-state index contributed by atoms with van der Waals surface area (Å²) in [5, 5.41) is 13.1. The van der Waals surface area contributed by atoms with Crippen molar-refractivity contribution in [1.29, 1.82) is 0 Å². The molecule has 5 nitrogen and oxygen atoms in total. The highest BCUT2D eigenvalue weighted by molar-refractivity contribution is 7.99. The van der Waals surface area contributed by atoms with Gasteiger partial charge in [0.25, 0.3) is 0 Å². The van der Waals surface area contributed by atoms with Gasteiger partial charge in [0.15, 0.2) is 0 Å². The first-order chi connectivity index (χ1) is 8.81. The highest BCUT2D eigenvalue weighted by atomic mass is 32.2. The third-order valence-corrected chi connectivity index (χ3v) is 4.63. The van der Waals surface area contributed by atoms with Gasteiger partial charge in [0, 0.05) is 11.8 Å². The number of thioether (sulfide) groups is 1. The molecule has 0 bridgehead atoms. The first-order valence-electron chi connectivity index (χ1n) is 6.97. The third kappa shape index (κ3) is 3.68. The molecule has 1 aliphatic rings. The van der Waals surface area contributed by atoms with Crippen molar-refractivity contribution in [2.24, 2.45) is 5.73 Å². The maximum absolute atomic E-state index is 5.91. The summed E-state index contributed by atoms with van der Waals surface area (Å²) >= 11 is 1.76. The van der Waals surface area contributed by atoms with E-state index in [4.69, 9.17) is 5.73 Å². The van der Waals surface area contributed by atoms with Gasteiger partial charge in [0.05, 0.1) is 6.04 Å².